The number of nitrogens with one attached hydrogen (secondary N) is 1. The zero-order chi connectivity index (χ0) is 19.8. The van der Waals surface area contributed by atoms with E-state index >= 15 is 0 Å². The fraction of sp³-hybridized carbons (Fsp3) is 0.227. The third-order valence-electron chi connectivity index (χ3n) is 5.29. The molecule has 2 heterocycles. The molecule has 0 bridgehead atoms. The Kier molecular flexibility index (Phi) is 4.89. The number of H-pyrrole nitrogens is 1. The second-order valence-corrected chi connectivity index (χ2v) is 8.79. The van der Waals surface area contributed by atoms with Crippen molar-refractivity contribution < 1.29 is 4.79 Å². The molecule has 146 valence electrons. The van der Waals surface area contributed by atoms with E-state index in [2.05, 4.69) is 21.2 Å². The Morgan fingerprint density at radius 1 is 1.07 bits per heavy atom. The van der Waals surface area contributed by atoms with Crippen molar-refractivity contribution in [2.75, 3.05) is 0 Å². The summed E-state index contributed by atoms with van der Waals surface area (Å²) in [5, 5.41) is 11.4. The van der Waals surface area contributed by atoms with Gasteiger partial charge in [0.1, 0.15) is 5.78 Å². The standard InChI is InChI=1S/C22H19ClN4OS/c23-14-9-11-15(12-10-14)27-21(17-13-24-18-6-2-1-5-16(17)18)25-26-22(27)29-20-8-4-3-7-19(20)28/h1-2,5-6,9-13,20,24H,3-4,7-8H2. The van der Waals surface area contributed by atoms with Crippen molar-refractivity contribution in [1.29, 1.82) is 0 Å². The smallest absolute Gasteiger partial charge is 0.196 e. The normalized spacial score (nSPS) is 17.1. The van der Waals surface area contributed by atoms with E-state index in [4.69, 9.17) is 11.6 Å². The molecule has 1 saturated carbocycles. The SMILES string of the molecule is O=C1CCCCC1Sc1nnc(-c2c[nH]c3ccccc23)n1-c1ccc(Cl)cc1. The predicted molar refractivity (Wildman–Crippen MR) is 117 cm³/mol. The average molecular weight is 423 g/mol. The molecule has 29 heavy (non-hydrogen) atoms. The van der Waals surface area contributed by atoms with E-state index in [0.717, 1.165) is 52.4 Å². The van der Waals surface area contributed by atoms with Crippen molar-refractivity contribution in [1.82, 2.24) is 19.7 Å². The molecule has 2 aromatic heterocycles. The van der Waals surface area contributed by atoms with E-state index < -0.39 is 0 Å². The number of aromatic nitrogens is 4. The number of rotatable bonds is 4. The first-order valence-electron chi connectivity index (χ1n) is 9.68. The number of halogens is 1. The first kappa shape index (κ1) is 18.5. The lowest BCUT2D eigenvalue weighted by Crippen LogP contribution is -2.21. The molecule has 1 unspecified atom stereocenters. The highest BCUT2D eigenvalue weighted by atomic mass is 35.5. The first-order valence-corrected chi connectivity index (χ1v) is 10.9. The third-order valence-corrected chi connectivity index (χ3v) is 6.80. The number of carbonyl (C=O) groups is 1. The Morgan fingerprint density at radius 2 is 1.90 bits per heavy atom. The number of aromatic amines is 1. The zero-order valence-electron chi connectivity index (χ0n) is 15.6. The van der Waals surface area contributed by atoms with Crippen molar-refractivity contribution >= 4 is 40.0 Å². The molecule has 4 aromatic rings. The first-order chi connectivity index (χ1) is 14.2. The molecule has 0 aliphatic heterocycles. The fourth-order valence-electron chi connectivity index (χ4n) is 3.80. The van der Waals surface area contributed by atoms with E-state index in [1.54, 1.807) is 0 Å². The second kappa shape index (κ2) is 7.69. The van der Waals surface area contributed by atoms with Gasteiger partial charge in [0, 0.05) is 39.8 Å². The summed E-state index contributed by atoms with van der Waals surface area (Å²) in [6, 6.07) is 15.7. The predicted octanol–water partition coefficient (Wildman–Crippen LogP) is 5.67. The molecule has 5 rings (SSSR count). The van der Waals surface area contributed by atoms with Crippen LogP contribution in [0.15, 0.2) is 59.9 Å². The number of para-hydroxylation sites is 1. The highest BCUT2D eigenvalue weighted by molar-refractivity contribution is 8.00. The van der Waals surface area contributed by atoms with E-state index in [9.17, 15) is 4.79 Å². The summed E-state index contributed by atoms with van der Waals surface area (Å²) in [4.78, 5) is 15.7. The van der Waals surface area contributed by atoms with E-state index in [1.165, 1.54) is 11.8 Å². The van der Waals surface area contributed by atoms with Crippen LogP contribution in [0.4, 0.5) is 0 Å². The molecule has 2 aromatic carbocycles. The topological polar surface area (TPSA) is 63.6 Å². The molecule has 1 atom stereocenters. The van der Waals surface area contributed by atoms with Gasteiger partial charge in [0.25, 0.3) is 0 Å². The minimum atomic E-state index is -0.0604. The molecule has 1 aliphatic carbocycles. The number of ketones is 1. The molecule has 0 amide bonds. The van der Waals surface area contributed by atoms with Crippen molar-refractivity contribution in [3.05, 3.63) is 59.8 Å². The summed E-state index contributed by atoms with van der Waals surface area (Å²) in [6.45, 7) is 0. The summed E-state index contributed by atoms with van der Waals surface area (Å²) < 4.78 is 2.03. The van der Waals surface area contributed by atoms with E-state index in [0.29, 0.717) is 17.2 Å². The van der Waals surface area contributed by atoms with Crippen LogP contribution in [0.2, 0.25) is 5.02 Å². The lowest BCUT2D eigenvalue weighted by molar-refractivity contribution is -0.119. The molecule has 1 aliphatic rings. The van der Waals surface area contributed by atoms with Gasteiger partial charge in [-0.1, -0.05) is 48.0 Å². The lowest BCUT2D eigenvalue weighted by Gasteiger charge is -2.19. The summed E-state index contributed by atoms with van der Waals surface area (Å²) in [6.07, 6.45) is 5.57. The Labute approximate surface area is 177 Å². The van der Waals surface area contributed by atoms with Crippen LogP contribution < -0.4 is 0 Å². The van der Waals surface area contributed by atoms with Gasteiger partial charge in [-0.3, -0.25) is 9.36 Å². The van der Waals surface area contributed by atoms with Gasteiger partial charge >= 0.3 is 0 Å². The Hall–Kier alpha value is -2.57. The molecular weight excluding hydrogens is 404 g/mol. The van der Waals surface area contributed by atoms with Gasteiger partial charge in [0.2, 0.25) is 0 Å². The van der Waals surface area contributed by atoms with Crippen LogP contribution in [0.1, 0.15) is 25.7 Å². The maximum Gasteiger partial charge on any atom is 0.196 e. The van der Waals surface area contributed by atoms with E-state index in [1.807, 2.05) is 53.2 Å². The Morgan fingerprint density at radius 3 is 2.72 bits per heavy atom. The van der Waals surface area contributed by atoms with Crippen molar-refractivity contribution in [2.24, 2.45) is 0 Å². The van der Waals surface area contributed by atoms with Crippen LogP contribution in [0.3, 0.4) is 0 Å². The van der Waals surface area contributed by atoms with Gasteiger partial charge in [0.15, 0.2) is 11.0 Å². The number of Topliss-reactive ketones (excluding diaryl/α,β-unsaturated/α-hetero) is 1. The largest absolute Gasteiger partial charge is 0.360 e. The zero-order valence-corrected chi connectivity index (χ0v) is 17.2. The fourth-order valence-corrected chi connectivity index (χ4v) is 5.10. The number of benzene rings is 2. The minimum Gasteiger partial charge on any atom is -0.360 e. The molecule has 0 spiro atoms. The lowest BCUT2D eigenvalue weighted by atomic mass is 9.99. The maximum absolute atomic E-state index is 12.4. The second-order valence-electron chi connectivity index (χ2n) is 7.18. The Bertz CT molecular complexity index is 1180. The number of hydrogen-bond acceptors (Lipinski definition) is 4. The number of nitrogens with zero attached hydrogens (tertiary/aromatic N) is 3. The quantitative estimate of drug-likeness (QED) is 0.460. The van der Waals surface area contributed by atoms with Gasteiger partial charge in [-0.25, -0.2) is 0 Å². The molecule has 1 fully saturated rings. The van der Waals surface area contributed by atoms with Crippen LogP contribution in [0.25, 0.3) is 28.0 Å². The number of carbonyl (C=O) groups excluding carboxylic acids is 1. The maximum atomic E-state index is 12.4. The Balaban J connectivity index is 1.64. The van der Waals surface area contributed by atoms with Crippen LogP contribution in [-0.4, -0.2) is 30.8 Å². The number of thioether (sulfide) groups is 1. The molecule has 0 radical (unpaired) electrons. The molecule has 7 heteroatoms. The van der Waals surface area contributed by atoms with Crippen LogP contribution in [0, 0.1) is 0 Å². The highest BCUT2D eigenvalue weighted by Gasteiger charge is 2.27. The van der Waals surface area contributed by atoms with Gasteiger partial charge in [-0.15, -0.1) is 10.2 Å². The number of fused-ring (bicyclic) bond motifs is 1. The van der Waals surface area contributed by atoms with Crippen LogP contribution >= 0.6 is 23.4 Å². The van der Waals surface area contributed by atoms with Crippen LogP contribution in [0.5, 0.6) is 0 Å². The van der Waals surface area contributed by atoms with Gasteiger partial charge in [-0.05, 0) is 43.2 Å². The highest BCUT2D eigenvalue weighted by Crippen LogP contribution is 2.36. The summed E-state index contributed by atoms with van der Waals surface area (Å²) >= 11 is 7.63. The number of hydrogen-bond donors (Lipinski definition) is 1. The minimum absolute atomic E-state index is 0.0604. The van der Waals surface area contributed by atoms with Crippen LogP contribution in [-0.2, 0) is 4.79 Å². The van der Waals surface area contributed by atoms with Gasteiger partial charge in [-0.2, -0.15) is 0 Å². The van der Waals surface area contributed by atoms with Gasteiger partial charge in [0.05, 0.1) is 5.25 Å². The molecular formula is C22H19ClN4OS. The molecule has 5 nitrogen and oxygen atoms in total. The molecule has 1 N–H and O–H groups in total. The monoisotopic (exact) mass is 422 g/mol. The van der Waals surface area contributed by atoms with Gasteiger partial charge < -0.3 is 4.98 Å². The third kappa shape index (κ3) is 3.47. The average Bonchev–Trinajstić information content (AvgIpc) is 3.34. The van der Waals surface area contributed by atoms with Crippen molar-refractivity contribution in [2.45, 2.75) is 36.1 Å². The summed E-state index contributed by atoms with van der Waals surface area (Å²) in [5.74, 6) is 1.05. The van der Waals surface area contributed by atoms with Crippen molar-refractivity contribution in [3.8, 4) is 17.1 Å². The molecule has 0 saturated heterocycles. The van der Waals surface area contributed by atoms with E-state index in [-0.39, 0.29) is 5.25 Å². The van der Waals surface area contributed by atoms with Crippen molar-refractivity contribution in [3.63, 3.8) is 0 Å². The summed E-state index contributed by atoms with van der Waals surface area (Å²) in [5.41, 5.74) is 2.94. The summed E-state index contributed by atoms with van der Waals surface area (Å²) in [7, 11) is 0.